The quantitative estimate of drug-likeness (QED) is 0.487. The number of halogens is 3. The van der Waals surface area contributed by atoms with Gasteiger partial charge in [0, 0.05) is 23.3 Å². The third-order valence-electron chi connectivity index (χ3n) is 3.07. The molecule has 110 valence electrons. The van der Waals surface area contributed by atoms with Gasteiger partial charge in [0.15, 0.2) is 0 Å². The van der Waals surface area contributed by atoms with Gasteiger partial charge >= 0.3 is 0 Å². The average molecular weight is 612 g/mol. The molecule has 1 aromatic carbocycles. The third-order valence-corrected chi connectivity index (χ3v) is 5.39. The van der Waals surface area contributed by atoms with Crippen molar-refractivity contribution in [3.05, 3.63) is 22.8 Å². The van der Waals surface area contributed by atoms with Gasteiger partial charge in [0.2, 0.25) is 5.91 Å². The molecule has 0 aliphatic heterocycles. The highest BCUT2D eigenvalue weighted by atomic mass is 127. The molecule has 1 fully saturated rings. The van der Waals surface area contributed by atoms with Crippen LogP contribution in [0.1, 0.15) is 12.8 Å². The first-order chi connectivity index (χ1) is 9.51. The van der Waals surface area contributed by atoms with Crippen LogP contribution in [0.15, 0.2) is 12.1 Å². The molecule has 0 atom stereocenters. The maximum absolute atomic E-state index is 12.2. The fourth-order valence-corrected chi connectivity index (χ4v) is 5.84. The topological polar surface area (TPSA) is 52.6 Å². The van der Waals surface area contributed by atoms with Crippen molar-refractivity contribution >= 4 is 79.4 Å². The van der Waals surface area contributed by atoms with Crippen LogP contribution in [0.4, 0.5) is 5.69 Å². The molecular weight excluding hydrogens is 597 g/mol. The number of benzene rings is 1. The summed E-state index contributed by atoms with van der Waals surface area (Å²) in [6.45, 7) is 1.02. The number of amides is 1. The van der Waals surface area contributed by atoms with Gasteiger partial charge in [-0.2, -0.15) is 0 Å². The number of carbonyl (C=O) groups excluding carboxylic acids is 1. The van der Waals surface area contributed by atoms with E-state index in [-0.39, 0.29) is 12.5 Å². The number of nitrogens with one attached hydrogen (secondary N) is 1. The average Bonchev–Trinajstić information content (AvgIpc) is 3.17. The molecule has 2 rings (SSSR count). The Kier molecular flexibility index (Phi) is 6.76. The summed E-state index contributed by atoms with van der Waals surface area (Å²) in [7, 11) is 0. The highest BCUT2D eigenvalue weighted by molar-refractivity contribution is 14.1. The van der Waals surface area contributed by atoms with E-state index in [1.54, 1.807) is 0 Å². The van der Waals surface area contributed by atoms with E-state index in [2.05, 4.69) is 78.0 Å². The molecule has 7 heteroatoms. The Labute approximate surface area is 159 Å². The minimum absolute atomic E-state index is 0.0117. The Morgan fingerprint density at radius 2 is 1.90 bits per heavy atom. The smallest absolute Gasteiger partial charge is 0.238 e. The summed E-state index contributed by atoms with van der Waals surface area (Å²) in [4.78, 5) is 14.2. The van der Waals surface area contributed by atoms with Crippen LogP contribution >= 0.6 is 67.8 Å². The van der Waals surface area contributed by atoms with Crippen molar-refractivity contribution in [2.45, 2.75) is 18.9 Å². The van der Waals surface area contributed by atoms with Gasteiger partial charge in [0.05, 0.1) is 18.8 Å². The molecule has 2 N–H and O–H groups in total. The lowest BCUT2D eigenvalue weighted by atomic mass is 10.3. The van der Waals surface area contributed by atoms with Crippen molar-refractivity contribution in [3.8, 4) is 0 Å². The number of hydrogen-bond donors (Lipinski definition) is 2. The van der Waals surface area contributed by atoms with E-state index in [4.69, 9.17) is 5.11 Å². The summed E-state index contributed by atoms with van der Waals surface area (Å²) < 4.78 is 3.26. The predicted octanol–water partition coefficient (Wildman–Crippen LogP) is 2.90. The molecule has 0 spiro atoms. The fraction of sp³-hybridized carbons (Fsp3) is 0.462. The molecule has 0 radical (unpaired) electrons. The van der Waals surface area contributed by atoms with Crippen LogP contribution in [0.5, 0.6) is 0 Å². The van der Waals surface area contributed by atoms with Gasteiger partial charge in [-0.25, -0.2) is 0 Å². The van der Waals surface area contributed by atoms with Gasteiger partial charge in [-0.05, 0) is 92.7 Å². The number of carbonyl (C=O) groups is 1. The Balaban J connectivity index is 2.00. The highest BCUT2D eigenvalue weighted by Crippen LogP contribution is 2.28. The molecule has 0 saturated heterocycles. The summed E-state index contributed by atoms with van der Waals surface area (Å²) in [6, 6.07) is 4.57. The first-order valence-corrected chi connectivity index (χ1v) is 9.54. The van der Waals surface area contributed by atoms with Crippen LogP contribution in [0, 0.1) is 10.7 Å². The second kappa shape index (κ2) is 7.88. The molecule has 4 nitrogen and oxygen atoms in total. The summed E-state index contributed by atoms with van der Waals surface area (Å²) in [6.07, 6.45) is 2.26. The monoisotopic (exact) mass is 612 g/mol. The van der Waals surface area contributed by atoms with Gasteiger partial charge in [0.1, 0.15) is 0 Å². The van der Waals surface area contributed by atoms with Crippen LogP contribution in [-0.2, 0) is 4.79 Å². The van der Waals surface area contributed by atoms with E-state index in [9.17, 15) is 4.79 Å². The molecule has 1 aliphatic carbocycles. The summed E-state index contributed by atoms with van der Waals surface area (Å²) >= 11 is 6.76. The highest BCUT2D eigenvalue weighted by Gasteiger charge is 2.29. The van der Waals surface area contributed by atoms with E-state index < -0.39 is 0 Å². The number of aliphatic hydroxyl groups excluding tert-OH is 1. The van der Waals surface area contributed by atoms with Crippen molar-refractivity contribution in [1.29, 1.82) is 0 Å². The molecule has 0 heterocycles. The van der Waals surface area contributed by atoms with Crippen molar-refractivity contribution in [2.24, 2.45) is 0 Å². The summed E-state index contributed by atoms with van der Waals surface area (Å²) in [5.41, 5.74) is 0.886. The van der Waals surface area contributed by atoms with E-state index in [1.165, 1.54) is 0 Å². The van der Waals surface area contributed by atoms with E-state index >= 15 is 0 Å². The normalized spacial score (nSPS) is 14.7. The number of hydrogen-bond acceptors (Lipinski definition) is 3. The number of rotatable bonds is 6. The Morgan fingerprint density at radius 1 is 1.30 bits per heavy atom. The van der Waals surface area contributed by atoms with Crippen molar-refractivity contribution in [2.75, 3.05) is 25.0 Å². The zero-order chi connectivity index (χ0) is 14.7. The van der Waals surface area contributed by atoms with Gasteiger partial charge < -0.3 is 10.4 Å². The molecule has 0 bridgehead atoms. The van der Waals surface area contributed by atoms with Crippen LogP contribution in [-0.4, -0.2) is 41.7 Å². The standard InChI is InChI=1S/C13H15I3N2O2/c14-8-5-10(15)13(11(16)6-8)17-12(20)7-18(3-4-19)9-1-2-9/h5-6,9,19H,1-4,7H2,(H,17,20). The zero-order valence-corrected chi connectivity index (χ0v) is 17.2. The molecule has 1 saturated carbocycles. The largest absolute Gasteiger partial charge is 0.395 e. The molecule has 20 heavy (non-hydrogen) atoms. The van der Waals surface area contributed by atoms with Crippen LogP contribution in [0.3, 0.4) is 0 Å². The molecule has 1 aromatic rings. The van der Waals surface area contributed by atoms with Gasteiger partial charge in [-0.15, -0.1) is 0 Å². The SMILES string of the molecule is O=C(CN(CCO)C1CC1)Nc1c(I)cc(I)cc1I. The number of nitrogens with zero attached hydrogens (tertiary/aromatic N) is 1. The minimum Gasteiger partial charge on any atom is -0.395 e. The lowest BCUT2D eigenvalue weighted by Gasteiger charge is -2.20. The van der Waals surface area contributed by atoms with E-state index in [1.807, 2.05) is 12.1 Å². The maximum Gasteiger partial charge on any atom is 0.238 e. The maximum atomic E-state index is 12.2. The molecule has 1 aliphatic rings. The third kappa shape index (κ3) is 4.92. The molecule has 1 amide bonds. The molecule has 0 aromatic heterocycles. The van der Waals surface area contributed by atoms with Crippen molar-refractivity contribution < 1.29 is 9.90 Å². The predicted molar refractivity (Wildman–Crippen MR) is 105 cm³/mol. The summed E-state index contributed by atoms with van der Waals surface area (Å²) in [5, 5.41) is 12.1. The Hall–Kier alpha value is 0.800. The first-order valence-electron chi connectivity index (χ1n) is 6.30. The zero-order valence-electron chi connectivity index (χ0n) is 10.7. The van der Waals surface area contributed by atoms with E-state index in [0.717, 1.165) is 29.2 Å². The number of aliphatic hydroxyl groups is 1. The van der Waals surface area contributed by atoms with Crippen molar-refractivity contribution in [3.63, 3.8) is 0 Å². The van der Waals surface area contributed by atoms with Crippen molar-refractivity contribution in [1.82, 2.24) is 4.90 Å². The Morgan fingerprint density at radius 3 is 2.40 bits per heavy atom. The second-order valence-electron chi connectivity index (χ2n) is 4.72. The van der Waals surface area contributed by atoms with Gasteiger partial charge in [-0.1, -0.05) is 0 Å². The van der Waals surface area contributed by atoms with Gasteiger partial charge in [0.25, 0.3) is 0 Å². The van der Waals surface area contributed by atoms with Crippen LogP contribution in [0.25, 0.3) is 0 Å². The van der Waals surface area contributed by atoms with E-state index in [0.29, 0.717) is 19.1 Å². The van der Waals surface area contributed by atoms with Crippen LogP contribution < -0.4 is 5.32 Å². The fourth-order valence-electron chi connectivity index (χ4n) is 1.98. The lowest BCUT2D eigenvalue weighted by molar-refractivity contribution is -0.117. The second-order valence-corrected chi connectivity index (χ2v) is 8.29. The van der Waals surface area contributed by atoms with Crippen LogP contribution in [0.2, 0.25) is 0 Å². The Bertz CT molecular complexity index is 483. The lowest BCUT2D eigenvalue weighted by Crippen LogP contribution is -2.37. The first kappa shape index (κ1) is 17.2. The minimum atomic E-state index is -0.0117. The molecular formula is C13H15I3N2O2. The summed E-state index contributed by atoms with van der Waals surface area (Å²) in [5.74, 6) is -0.0117. The van der Waals surface area contributed by atoms with Gasteiger partial charge in [-0.3, -0.25) is 9.69 Å². The molecule has 0 unspecified atom stereocenters. The number of anilines is 1.